The Kier molecular flexibility index (Phi) is 3.92. The highest BCUT2D eigenvalue weighted by molar-refractivity contribution is 5.63. The molecule has 3 aliphatic heterocycles. The predicted molar refractivity (Wildman–Crippen MR) is 108 cm³/mol. The summed E-state index contributed by atoms with van der Waals surface area (Å²) in [5.74, 6) is 1.86. The van der Waals surface area contributed by atoms with Gasteiger partial charge in [0.1, 0.15) is 11.6 Å². The second kappa shape index (κ2) is 6.22. The fraction of sp³-hybridized carbons (Fsp3) is 0.636. The van der Waals surface area contributed by atoms with Gasteiger partial charge in [-0.2, -0.15) is 13.2 Å². The van der Waals surface area contributed by atoms with Crippen molar-refractivity contribution in [2.75, 3.05) is 25.5 Å². The van der Waals surface area contributed by atoms with E-state index in [2.05, 4.69) is 28.3 Å². The summed E-state index contributed by atoms with van der Waals surface area (Å²) in [6.45, 7) is 6.93. The molecule has 2 bridgehead atoms. The van der Waals surface area contributed by atoms with Crippen LogP contribution in [0.5, 0.6) is 0 Å². The Morgan fingerprint density at radius 2 is 2.00 bits per heavy atom. The molecule has 31 heavy (non-hydrogen) atoms. The highest BCUT2D eigenvalue weighted by Crippen LogP contribution is 2.84. The summed E-state index contributed by atoms with van der Waals surface area (Å²) in [4.78, 5) is 11.2. The third-order valence-electron chi connectivity index (χ3n) is 7.77. The van der Waals surface area contributed by atoms with Crippen molar-refractivity contribution in [2.45, 2.75) is 56.4 Å². The molecule has 7 rings (SSSR count). The minimum atomic E-state index is -4.55. The highest BCUT2D eigenvalue weighted by atomic mass is 19.4. The van der Waals surface area contributed by atoms with Crippen molar-refractivity contribution in [1.82, 2.24) is 19.4 Å². The van der Waals surface area contributed by atoms with E-state index in [1.165, 1.54) is 6.20 Å². The zero-order valence-corrected chi connectivity index (χ0v) is 17.6. The number of alkyl halides is 3. The van der Waals surface area contributed by atoms with Gasteiger partial charge in [0.25, 0.3) is 0 Å². The SMILES string of the molecule is CC(C)c1nc(-c2cnc(N)c(C(F)(F)F)c2)cn1[C@@]12C3[C@H]1[C@H]2CN3C1CCOCC1. The molecule has 4 atom stereocenters. The number of aromatic nitrogens is 3. The number of nitrogen functional groups attached to an aromatic ring is 1. The number of ether oxygens (including phenoxy) is 1. The molecule has 2 saturated carbocycles. The third-order valence-corrected chi connectivity index (χ3v) is 7.77. The largest absolute Gasteiger partial charge is 0.419 e. The minimum absolute atomic E-state index is 0.0806. The van der Waals surface area contributed by atoms with Crippen LogP contribution in [0.15, 0.2) is 18.5 Å². The molecule has 2 aliphatic carbocycles. The Morgan fingerprint density at radius 1 is 1.26 bits per heavy atom. The van der Waals surface area contributed by atoms with Crippen LogP contribution in [-0.2, 0) is 16.5 Å². The van der Waals surface area contributed by atoms with Crippen LogP contribution in [0.25, 0.3) is 11.3 Å². The van der Waals surface area contributed by atoms with Gasteiger partial charge in [-0.3, -0.25) is 4.90 Å². The van der Waals surface area contributed by atoms with Gasteiger partial charge < -0.3 is 15.0 Å². The van der Waals surface area contributed by atoms with E-state index in [1.807, 2.05) is 6.20 Å². The topological polar surface area (TPSA) is 69.2 Å². The average Bonchev–Trinajstić information content (AvgIpc) is 3.30. The fourth-order valence-corrected chi connectivity index (χ4v) is 6.26. The van der Waals surface area contributed by atoms with Crippen LogP contribution in [0, 0.1) is 11.8 Å². The van der Waals surface area contributed by atoms with E-state index < -0.39 is 17.6 Å². The molecule has 3 saturated heterocycles. The van der Waals surface area contributed by atoms with Crippen molar-refractivity contribution >= 4 is 5.82 Å². The summed E-state index contributed by atoms with van der Waals surface area (Å²) in [6.07, 6.45) is 0.949. The zero-order chi connectivity index (χ0) is 21.7. The smallest absolute Gasteiger partial charge is 0.383 e. The van der Waals surface area contributed by atoms with Gasteiger partial charge in [0.15, 0.2) is 0 Å². The van der Waals surface area contributed by atoms with Crippen LogP contribution < -0.4 is 5.73 Å². The van der Waals surface area contributed by atoms with E-state index in [4.69, 9.17) is 15.5 Å². The molecule has 5 heterocycles. The Balaban J connectivity index is 1.35. The molecule has 9 heteroatoms. The number of hydrogen-bond acceptors (Lipinski definition) is 5. The molecule has 5 fully saturated rings. The third kappa shape index (κ3) is 2.59. The molecular weight excluding hydrogens is 407 g/mol. The van der Waals surface area contributed by atoms with E-state index in [9.17, 15) is 13.2 Å². The van der Waals surface area contributed by atoms with Gasteiger partial charge >= 0.3 is 6.18 Å². The van der Waals surface area contributed by atoms with E-state index in [0.29, 0.717) is 35.2 Å². The van der Waals surface area contributed by atoms with Gasteiger partial charge in [0.2, 0.25) is 0 Å². The van der Waals surface area contributed by atoms with Gasteiger partial charge in [-0.05, 0) is 18.9 Å². The molecule has 166 valence electrons. The first-order valence-electron chi connectivity index (χ1n) is 11.0. The van der Waals surface area contributed by atoms with E-state index in [-0.39, 0.29) is 11.5 Å². The lowest BCUT2D eigenvalue weighted by atomic mass is 10.1. The number of fused-ring (bicyclic) bond motifs is 1. The number of imidazole rings is 1. The summed E-state index contributed by atoms with van der Waals surface area (Å²) in [7, 11) is 0. The number of nitrogens with zero attached hydrogens (tertiary/aromatic N) is 4. The first-order chi connectivity index (χ1) is 14.7. The Morgan fingerprint density at radius 3 is 2.65 bits per heavy atom. The molecule has 2 aromatic rings. The number of halogens is 3. The lowest BCUT2D eigenvalue weighted by Gasteiger charge is -2.31. The average molecular weight is 433 g/mol. The van der Waals surface area contributed by atoms with Gasteiger partial charge in [-0.25, -0.2) is 9.97 Å². The molecule has 0 spiro atoms. The van der Waals surface area contributed by atoms with Crippen molar-refractivity contribution in [3.8, 4) is 11.3 Å². The first-order valence-corrected chi connectivity index (χ1v) is 11.0. The normalized spacial score (nSPS) is 32.5. The van der Waals surface area contributed by atoms with Crippen molar-refractivity contribution in [1.29, 1.82) is 0 Å². The Bertz CT molecular complexity index is 1040. The van der Waals surface area contributed by atoms with Crippen LogP contribution in [0.3, 0.4) is 0 Å². The summed E-state index contributed by atoms with van der Waals surface area (Å²) in [5, 5.41) is 0. The van der Waals surface area contributed by atoms with E-state index in [1.54, 1.807) is 0 Å². The van der Waals surface area contributed by atoms with Crippen molar-refractivity contribution in [3.05, 3.63) is 29.8 Å². The summed E-state index contributed by atoms with van der Waals surface area (Å²) in [6, 6.07) is 2.17. The number of rotatable bonds is 4. The van der Waals surface area contributed by atoms with Gasteiger partial charge in [-0.1, -0.05) is 13.8 Å². The molecule has 0 radical (unpaired) electrons. The highest BCUT2D eigenvalue weighted by Gasteiger charge is 2.94. The second-order valence-corrected chi connectivity index (χ2v) is 9.67. The lowest BCUT2D eigenvalue weighted by Crippen LogP contribution is -2.39. The molecule has 0 aromatic carbocycles. The monoisotopic (exact) mass is 433 g/mol. The van der Waals surface area contributed by atoms with E-state index in [0.717, 1.165) is 44.5 Å². The number of pyridine rings is 1. The number of anilines is 1. The number of piperidine rings is 1. The fourth-order valence-electron chi connectivity index (χ4n) is 6.26. The maximum absolute atomic E-state index is 13.3. The van der Waals surface area contributed by atoms with Crippen LogP contribution in [0.4, 0.5) is 19.0 Å². The van der Waals surface area contributed by atoms with Crippen molar-refractivity contribution in [3.63, 3.8) is 0 Å². The number of nitrogens with two attached hydrogens (primary N) is 1. The quantitative estimate of drug-likeness (QED) is 0.800. The summed E-state index contributed by atoms with van der Waals surface area (Å²) < 4.78 is 47.8. The van der Waals surface area contributed by atoms with Crippen LogP contribution in [0.1, 0.15) is 44.0 Å². The van der Waals surface area contributed by atoms with E-state index >= 15 is 0 Å². The summed E-state index contributed by atoms with van der Waals surface area (Å²) >= 11 is 0. The van der Waals surface area contributed by atoms with Gasteiger partial charge in [-0.15, -0.1) is 0 Å². The lowest BCUT2D eigenvalue weighted by molar-refractivity contribution is -0.137. The van der Waals surface area contributed by atoms with Crippen molar-refractivity contribution in [2.24, 2.45) is 11.8 Å². The molecule has 0 amide bonds. The van der Waals surface area contributed by atoms with Crippen molar-refractivity contribution < 1.29 is 17.9 Å². The van der Waals surface area contributed by atoms with Crippen LogP contribution in [0.2, 0.25) is 0 Å². The summed E-state index contributed by atoms with van der Waals surface area (Å²) in [5.41, 5.74) is 5.54. The molecule has 2 N–H and O–H groups in total. The molecule has 1 unspecified atom stereocenters. The predicted octanol–water partition coefficient (Wildman–Crippen LogP) is 3.49. The van der Waals surface area contributed by atoms with Crippen LogP contribution in [-0.4, -0.2) is 51.3 Å². The molecule has 2 aromatic heterocycles. The maximum atomic E-state index is 13.3. The van der Waals surface area contributed by atoms with Gasteiger partial charge in [0.05, 0.1) is 16.8 Å². The molecular formula is C22H26F3N5O. The molecule has 5 aliphatic rings. The number of hydrogen-bond donors (Lipinski definition) is 1. The van der Waals surface area contributed by atoms with Crippen LogP contribution >= 0.6 is 0 Å². The second-order valence-electron chi connectivity index (χ2n) is 9.67. The van der Waals surface area contributed by atoms with Gasteiger partial charge in [0, 0.05) is 67.6 Å². The molecule has 6 nitrogen and oxygen atoms in total. The standard InChI is InChI=1S/C22H26F3N5O/c1-11(2)20-28-16(12-7-14(22(23,24)25)19(26)27-8-12)10-30(20)21-15-9-29(18(21)17(15)21)13-3-5-31-6-4-13/h7-8,10-11,13,15,17-18H,3-6,9H2,1-2H3,(H2,26,27)/t15-,17-,18?,21-/m1/s1. The zero-order valence-electron chi connectivity index (χ0n) is 17.6. The Labute approximate surface area is 178 Å². The minimum Gasteiger partial charge on any atom is -0.383 e. The Hall–Kier alpha value is -2.13. The first kappa shape index (κ1) is 19.5. The maximum Gasteiger partial charge on any atom is 0.419 e.